The second-order valence-corrected chi connectivity index (χ2v) is 15.4. The molecular weight excluding hydrogens is 733 g/mol. The normalized spacial score (nSPS) is 21.6. The maximum atomic E-state index is 14.4. The Bertz CT molecular complexity index is 1690. The van der Waals surface area contributed by atoms with E-state index in [9.17, 15) is 23.2 Å². The summed E-state index contributed by atoms with van der Waals surface area (Å²) in [5, 5.41) is 6.39. The van der Waals surface area contributed by atoms with Gasteiger partial charge in [-0.2, -0.15) is 4.98 Å². The van der Waals surface area contributed by atoms with Gasteiger partial charge in [0.1, 0.15) is 5.02 Å². The van der Waals surface area contributed by atoms with Crippen LogP contribution in [0.25, 0.3) is 11.0 Å². The number of piperidine rings is 1. The summed E-state index contributed by atoms with van der Waals surface area (Å²) >= 11 is 6.71. The number of aryl methyl sites for hydroxylation is 2. The quantitative estimate of drug-likeness (QED) is 0.161. The van der Waals surface area contributed by atoms with E-state index in [-0.39, 0.29) is 70.0 Å². The van der Waals surface area contributed by atoms with Gasteiger partial charge in [-0.25, -0.2) is 13.8 Å². The van der Waals surface area contributed by atoms with Gasteiger partial charge in [0.2, 0.25) is 5.95 Å². The summed E-state index contributed by atoms with van der Waals surface area (Å²) < 4.78 is 32.8. The molecule has 2 aliphatic rings. The maximum absolute atomic E-state index is 14.4. The van der Waals surface area contributed by atoms with Crippen LogP contribution in [0.4, 0.5) is 26.2 Å². The van der Waals surface area contributed by atoms with Crippen LogP contribution in [0.2, 0.25) is 5.02 Å². The molecule has 2 fully saturated rings. The molecule has 1 aromatic carbocycles. The number of anilines is 3. The van der Waals surface area contributed by atoms with Crippen LogP contribution in [0, 0.1) is 17.8 Å². The average molecular weight is 774 g/mol. The third kappa shape index (κ3) is 7.48. The van der Waals surface area contributed by atoms with E-state index in [1.165, 1.54) is 40.7 Å². The number of halogens is 4. The molecule has 1 unspecified atom stereocenters. The molecule has 0 radical (unpaired) electrons. The number of amides is 1. The molecule has 2 aliphatic heterocycles. The zero-order chi connectivity index (χ0) is 33.2. The van der Waals surface area contributed by atoms with Crippen molar-refractivity contribution >= 4 is 46.0 Å². The summed E-state index contributed by atoms with van der Waals surface area (Å²) in [6, 6.07) is 5.12. The molecule has 2 N–H and O–H groups in total. The average Bonchev–Trinajstić information content (AvgIpc) is 3.49. The number of fused-ring (bicyclic) bond motifs is 1. The van der Waals surface area contributed by atoms with Gasteiger partial charge in [0.05, 0.1) is 11.7 Å². The number of carbonyl (C=O) groups is 1. The van der Waals surface area contributed by atoms with Crippen molar-refractivity contribution in [3.63, 3.8) is 0 Å². The van der Waals surface area contributed by atoms with Crippen LogP contribution in [-0.2, 0) is 18.4 Å². The minimum absolute atomic E-state index is 0.0338. The molecule has 4 heterocycles. The molecule has 3 atom stereocenters. The Kier molecular flexibility index (Phi) is 10.9. The van der Waals surface area contributed by atoms with Crippen LogP contribution in [-0.4, -0.2) is 84.5 Å². The molecule has 15 heteroatoms. The van der Waals surface area contributed by atoms with E-state index in [1.54, 1.807) is 23.1 Å². The number of hydrogen-bond donors (Lipinski definition) is 2. The molecule has 3 aromatic rings. The number of aromatic nitrogens is 4. The first-order chi connectivity index (χ1) is 21.9. The van der Waals surface area contributed by atoms with E-state index in [0.717, 1.165) is 26.1 Å². The molecular formula is C31H41ClF2IN8O3-. The van der Waals surface area contributed by atoms with Crippen molar-refractivity contribution in [2.75, 3.05) is 58.8 Å². The Labute approximate surface area is 282 Å². The molecule has 252 valence electrons. The Hall–Kier alpha value is -2.85. The van der Waals surface area contributed by atoms with E-state index in [4.69, 9.17) is 11.6 Å². The number of likely N-dealkylation sites (tertiary alicyclic amines) is 1. The SMILES string of the molecule is C[I-]CCN1CCC(CNC(=O)CCn2c(=O)c(=O)n(C)c3ccc(Nc4nc(N5C[C@@H](C)C(F)(F)[C@@H](C)C5)ncc4Cl)cc32)C1. The first-order valence-electron chi connectivity index (χ1n) is 15.5. The fraction of sp³-hybridized carbons (Fsp3) is 0.581. The number of carbonyl (C=O) groups excluding carboxylic acids is 1. The first kappa shape index (κ1) is 34.5. The van der Waals surface area contributed by atoms with Gasteiger partial charge in [-0.15, -0.1) is 0 Å². The number of alkyl halides is 4. The van der Waals surface area contributed by atoms with Crippen LogP contribution < -0.4 is 47.9 Å². The van der Waals surface area contributed by atoms with Crippen molar-refractivity contribution in [1.82, 2.24) is 29.3 Å². The first-order valence-corrected chi connectivity index (χ1v) is 19.5. The topological polar surface area (TPSA) is 117 Å². The minimum atomic E-state index is -2.78. The summed E-state index contributed by atoms with van der Waals surface area (Å²) in [6.07, 6.45) is 2.52. The molecule has 0 aliphatic carbocycles. The van der Waals surface area contributed by atoms with E-state index < -0.39 is 28.9 Å². The van der Waals surface area contributed by atoms with Crippen molar-refractivity contribution in [2.45, 2.75) is 39.2 Å². The number of hydrogen-bond acceptors (Lipinski definition) is 8. The van der Waals surface area contributed by atoms with Gasteiger partial charge in [0, 0.05) is 37.7 Å². The molecule has 11 nitrogen and oxygen atoms in total. The van der Waals surface area contributed by atoms with Gasteiger partial charge in [-0.1, -0.05) is 25.4 Å². The predicted molar refractivity (Wildman–Crippen MR) is 172 cm³/mol. The van der Waals surface area contributed by atoms with Gasteiger partial charge in [0.15, 0.2) is 5.82 Å². The fourth-order valence-corrected chi connectivity index (χ4v) is 7.51. The Morgan fingerprint density at radius 3 is 2.57 bits per heavy atom. The molecule has 2 saturated heterocycles. The van der Waals surface area contributed by atoms with E-state index in [1.807, 2.05) is 0 Å². The van der Waals surface area contributed by atoms with Gasteiger partial charge in [0.25, 0.3) is 5.92 Å². The zero-order valence-corrected chi connectivity index (χ0v) is 29.4. The molecule has 5 rings (SSSR count). The fourth-order valence-electron chi connectivity index (χ4n) is 6.21. The molecule has 0 saturated carbocycles. The molecule has 1 amide bonds. The van der Waals surface area contributed by atoms with Crippen LogP contribution in [0.3, 0.4) is 0 Å². The monoisotopic (exact) mass is 773 g/mol. The van der Waals surface area contributed by atoms with Crippen LogP contribution in [0.15, 0.2) is 34.0 Å². The number of benzene rings is 1. The summed E-state index contributed by atoms with van der Waals surface area (Å²) in [5.74, 6) is -3.74. The van der Waals surface area contributed by atoms with Crippen LogP contribution in [0.1, 0.15) is 26.7 Å². The third-order valence-electron chi connectivity index (χ3n) is 9.05. The molecule has 46 heavy (non-hydrogen) atoms. The third-order valence-corrected chi connectivity index (χ3v) is 10.9. The Morgan fingerprint density at radius 2 is 1.85 bits per heavy atom. The zero-order valence-electron chi connectivity index (χ0n) is 26.5. The van der Waals surface area contributed by atoms with E-state index in [0.29, 0.717) is 29.2 Å². The summed E-state index contributed by atoms with van der Waals surface area (Å²) in [7, 11) is 1.53. The van der Waals surface area contributed by atoms with Crippen molar-refractivity contribution in [3.05, 3.63) is 50.1 Å². The number of rotatable bonds is 11. The molecule has 2 aromatic heterocycles. The van der Waals surface area contributed by atoms with Crippen molar-refractivity contribution in [2.24, 2.45) is 24.8 Å². The molecule has 0 spiro atoms. The molecule has 0 bridgehead atoms. The van der Waals surface area contributed by atoms with Crippen molar-refractivity contribution in [3.8, 4) is 0 Å². The van der Waals surface area contributed by atoms with E-state index >= 15 is 0 Å². The standard InChI is InChI=1S/C31H41ClF2IN8O3/c1-19-16-42(17-20(2)31(19,33)34)30-37-15-23(32)27(39-30)38-22-5-6-24-25(13-22)43(29(46)28(45)40(24)4)11-8-26(44)36-14-21-7-10-41(18-21)12-9-35-3/h5-6,13,15,19-21H,7-12,14,16-18H2,1-4H3,(H,36,44)(H,37,38,39)/q-1/t19-,20+,21?. The summed E-state index contributed by atoms with van der Waals surface area (Å²) in [4.78, 5) is 54.0. The van der Waals surface area contributed by atoms with Crippen molar-refractivity contribution in [1.29, 1.82) is 0 Å². The van der Waals surface area contributed by atoms with Gasteiger partial charge < -0.3 is 14.8 Å². The van der Waals surface area contributed by atoms with Gasteiger partial charge in [-0.3, -0.25) is 9.59 Å². The Morgan fingerprint density at radius 1 is 1.11 bits per heavy atom. The second-order valence-electron chi connectivity index (χ2n) is 12.4. The van der Waals surface area contributed by atoms with Gasteiger partial charge >= 0.3 is 124 Å². The Balaban J connectivity index is 1.31. The summed E-state index contributed by atoms with van der Waals surface area (Å²) in [6.45, 7) is 7.04. The van der Waals surface area contributed by atoms with Crippen molar-refractivity contribution < 1.29 is 34.8 Å². The van der Waals surface area contributed by atoms with Gasteiger partial charge in [-0.05, 0) is 18.2 Å². The number of nitrogens with one attached hydrogen (secondary N) is 2. The van der Waals surface area contributed by atoms with Crippen LogP contribution in [0.5, 0.6) is 0 Å². The van der Waals surface area contributed by atoms with Crippen LogP contribution >= 0.6 is 11.6 Å². The summed E-state index contributed by atoms with van der Waals surface area (Å²) in [5.41, 5.74) is 0.0909. The second kappa shape index (κ2) is 14.5. The number of nitrogens with zero attached hydrogens (tertiary/aromatic N) is 6. The van der Waals surface area contributed by atoms with E-state index in [2.05, 4.69) is 30.4 Å². The predicted octanol–water partition coefficient (Wildman–Crippen LogP) is 0.162.